The van der Waals surface area contributed by atoms with Crippen molar-refractivity contribution in [2.24, 2.45) is 0 Å². The number of carbonyl (C=O) groups excluding carboxylic acids is 2. The summed E-state index contributed by atoms with van der Waals surface area (Å²) in [6, 6.07) is 42.8. The molecule has 0 unspecified atom stereocenters. The van der Waals surface area contributed by atoms with Crippen LogP contribution in [0.4, 0.5) is 5.69 Å². The summed E-state index contributed by atoms with van der Waals surface area (Å²) in [5.74, 6) is 0.395. The smallest absolute Gasteiger partial charge is 0.270 e. The van der Waals surface area contributed by atoms with Crippen LogP contribution in [0.15, 0.2) is 140 Å². The van der Waals surface area contributed by atoms with Gasteiger partial charge in [0.15, 0.2) is 0 Å². The highest BCUT2D eigenvalue weighted by atomic mass is 16.6. The number of carbonyl (C=O) groups is 2. The second kappa shape index (κ2) is 14.8. The minimum Gasteiger partial charge on any atom is -0.489 e. The number of nitro benzene ring substituents is 1. The fourth-order valence-corrected chi connectivity index (χ4v) is 5.88. The molecular formula is C42H33N3O6. The first kappa shape index (κ1) is 32.8. The molecule has 9 nitrogen and oxygen atoms in total. The third-order valence-electron chi connectivity index (χ3n) is 8.59. The van der Waals surface area contributed by atoms with E-state index < -0.39 is 4.92 Å². The second-order valence-corrected chi connectivity index (χ2v) is 12.2. The van der Waals surface area contributed by atoms with Crippen molar-refractivity contribution in [2.75, 3.05) is 0 Å². The standard InChI is InChI=1S/C42H33N3O6/c46-41-36-6-2-8-39(22-36)50-26-30-18-31(20-38(19-30)45(48)49)27-51-40-9-3-7-37(23-40)42(47)44-25-29-12-16-33(17-13-29)35-5-1-4-34(21-35)32-14-10-28(11-15-32)24-43-41/h1-23H,24-27H2,(H,43,46)(H,44,47). The Kier molecular flexibility index (Phi) is 9.51. The highest BCUT2D eigenvalue weighted by Crippen LogP contribution is 2.28. The molecule has 0 radical (unpaired) electrons. The maximum absolute atomic E-state index is 13.1. The Bertz CT molecular complexity index is 2090. The van der Waals surface area contributed by atoms with Gasteiger partial charge in [-0.2, -0.15) is 0 Å². The van der Waals surface area contributed by atoms with Crippen LogP contribution in [-0.4, -0.2) is 16.7 Å². The number of amides is 2. The number of hydrogen-bond donors (Lipinski definition) is 2. The Labute approximate surface area is 294 Å². The van der Waals surface area contributed by atoms with E-state index in [2.05, 4.69) is 28.8 Å². The van der Waals surface area contributed by atoms with Crippen LogP contribution in [0, 0.1) is 10.1 Å². The van der Waals surface area contributed by atoms with Crippen molar-refractivity contribution in [1.82, 2.24) is 10.6 Å². The number of non-ortho nitro benzene ring substituents is 1. The Morgan fingerprint density at radius 1 is 0.471 bits per heavy atom. The van der Waals surface area contributed by atoms with E-state index in [1.807, 2.05) is 54.6 Å². The van der Waals surface area contributed by atoms with Gasteiger partial charge in [0.05, 0.1) is 4.92 Å². The van der Waals surface area contributed by atoms with Crippen molar-refractivity contribution >= 4 is 17.5 Å². The quantitative estimate of drug-likeness (QED) is 0.134. The van der Waals surface area contributed by atoms with Crippen LogP contribution in [0.5, 0.6) is 11.5 Å². The summed E-state index contributed by atoms with van der Waals surface area (Å²) in [4.78, 5) is 37.4. The lowest BCUT2D eigenvalue weighted by Crippen LogP contribution is -2.22. The Morgan fingerprint density at radius 3 is 1.35 bits per heavy atom. The van der Waals surface area contributed by atoms with Crippen molar-refractivity contribution in [1.29, 1.82) is 0 Å². The Morgan fingerprint density at radius 2 is 0.902 bits per heavy atom. The van der Waals surface area contributed by atoms with Crippen LogP contribution in [0.2, 0.25) is 0 Å². The molecule has 2 amide bonds. The van der Waals surface area contributed by atoms with Gasteiger partial charge in [-0.1, -0.05) is 78.9 Å². The van der Waals surface area contributed by atoms with E-state index in [1.165, 1.54) is 12.1 Å². The molecule has 3 aliphatic heterocycles. The molecule has 0 aromatic heterocycles. The number of ether oxygens (including phenoxy) is 2. The Hall–Kier alpha value is -6.74. The molecule has 3 aliphatic rings. The van der Waals surface area contributed by atoms with Gasteiger partial charge in [-0.3, -0.25) is 19.7 Å². The summed E-state index contributed by atoms with van der Waals surface area (Å²) in [6.45, 7) is 0.764. The van der Waals surface area contributed by atoms with E-state index in [4.69, 9.17) is 9.47 Å². The average molecular weight is 676 g/mol. The Balaban J connectivity index is 1.17. The average Bonchev–Trinajstić information content (AvgIpc) is 3.17. The lowest BCUT2D eigenvalue weighted by Gasteiger charge is -2.12. The number of rotatable bonds is 1. The number of nitrogens with one attached hydrogen (secondary N) is 2. The third-order valence-corrected chi connectivity index (χ3v) is 8.59. The first-order valence-corrected chi connectivity index (χ1v) is 16.4. The van der Waals surface area contributed by atoms with Crippen molar-refractivity contribution in [3.8, 4) is 33.8 Å². The number of nitro groups is 1. The van der Waals surface area contributed by atoms with Crippen molar-refractivity contribution in [3.05, 3.63) is 183 Å². The second-order valence-electron chi connectivity index (χ2n) is 12.2. The van der Waals surface area contributed by atoms with Gasteiger partial charge in [0.25, 0.3) is 17.5 Å². The highest BCUT2D eigenvalue weighted by molar-refractivity contribution is 5.95. The summed E-state index contributed by atoms with van der Waals surface area (Å²) >= 11 is 0. The molecule has 0 fully saturated rings. The van der Waals surface area contributed by atoms with Crippen molar-refractivity contribution in [2.45, 2.75) is 26.3 Å². The third kappa shape index (κ3) is 8.12. The molecule has 3 heterocycles. The van der Waals surface area contributed by atoms with E-state index in [0.717, 1.165) is 33.4 Å². The molecule has 9 heteroatoms. The number of fused-ring (bicyclic) bond motifs is 2. The molecule has 0 spiro atoms. The zero-order valence-corrected chi connectivity index (χ0v) is 27.5. The fourth-order valence-electron chi connectivity index (χ4n) is 5.88. The monoisotopic (exact) mass is 675 g/mol. The van der Waals surface area contributed by atoms with E-state index >= 15 is 0 Å². The van der Waals surface area contributed by atoms with Gasteiger partial charge in [0.1, 0.15) is 24.7 Å². The molecule has 6 aromatic carbocycles. The van der Waals surface area contributed by atoms with Gasteiger partial charge in [-0.15, -0.1) is 0 Å². The summed E-state index contributed by atoms with van der Waals surface area (Å²) in [5, 5.41) is 17.7. The van der Waals surface area contributed by atoms with E-state index in [1.54, 1.807) is 54.6 Å². The van der Waals surface area contributed by atoms with Crippen LogP contribution in [0.1, 0.15) is 43.0 Å². The molecule has 9 rings (SSSR count). The van der Waals surface area contributed by atoms with Gasteiger partial charge < -0.3 is 20.1 Å². The molecule has 0 aliphatic carbocycles. The predicted octanol–water partition coefficient (Wildman–Crippen LogP) is 8.26. The van der Waals surface area contributed by atoms with Crippen LogP contribution in [0.3, 0.4) is 0 Å². The van der Waals surface area contributed by atoms with E-state index in [0.29, 0.717) is 46.8 Å². The zero-order valence-electron chi connectivity index (χ0n) is 27.5. The minimum absolute atomic E-state index is 0.0351. The van der Waals surface area contributed by atoms with Gasteiger partial charge in [-0.25, -0.2) is 0 Å². The minimum atomic E-state index is -0.465. The van der Waals surface area contributed by atoms with Gasteiger partial charge >= 0.3 is 0 Å². The maximum atomic E-state index is 13.1. The summed E-state index contributed by atoms with van der Waals surface area (Å²) in [7, 11) is 0. The molecule has 0 saturated carbocycles. The topological polar surface area (TPSA) is 120 Å². The highest BCUT2D eigenvalue weighted by Gasteiger charge is 2.14. The SMILES string of the molecule is O=C1NCc2ccc(cc2)-c2cccc(c2)-c2ccc(cc2)CNC(=O)c2cccc(c2)OCc2cc(cc([N+](=O)[O-])c2)COc2cccc1c2. The molecule has 12 bridgehead atoms. The molecule has 6 aromatic rings. The first-order valence-electron chi connectivity index (χ1n) is 16.4. The van der Waals surface area contributed by atoms with Crippen molar-refractivity contribution in [3.63, 3.8) is 0 Å². The van der Waals surface area contributed by atoms with Gasteiger partial charge in [-0.05, 0) is 93.0 Å². The number of nitrogens with zero attached hydrogens (tertiary/aromatic N) is 1. The summed E-state index contributed by atoms with van der Waals surface area (Å²) < 4.78 is 11.9. The summed E-state index contributed by atoms with van der Waals surface area (Å²) in [5.41, 5.74) is 8.05. The molecular weight excluding hydrogens is 642 g/mol. The zero-order chi connectivity index (χ0) is 35.2. The molecule has 51 heavy (non-hydrogen) atoms. The van der Waals surface area contributed by atoms with Crippen LogP contribution < -0.4 is 20.1 Å². The molecule has 0 saturated heterocycles. The van der Waals surface area contributed by atoms with Crippen LogP contribution in [-0.2, 0) is 26.3 Å². The normalized spacial score (nSPS) is 13.3. The first-order chi connectivity index (χ1) is 24.9. The van der Waals surface area contributed by atoms with Gasteiger partial charge in [0, 0.05) is 36.3 Å². The van der Waals surface area contributed by atoms with Crippen LogP contribution in [0.25, 0.3) is 22.3 Å². The van der Waals surface area contributed by atoms with Crippen LogP contribution >= 0.6 is 0 Å². The maximum Gasteiger partial charge on any atom is 0.270 e. The molecule has 2 N–H and O–H groups in total. The predicted molar refractivity (Wildman–Crippen MR) is 194 cm³/mol. The lowest BCUT2D eigenvalue weighted by atomic mass is 9.98. The van der Waals surface area contributed by atoms with Crippen molar-refractivity contribution < 1.29 is 24.0 Å². The van der Waals surface area contributed by atoms with E-state index in [9.17, 15) is 19.7 Å². The number of benzene rings is 6. The summed E-state index contributed by atoms with van der Waals surface area (Å²) in [6.07, 6.45) is 0. The fraction of sp³-hybridized carbons (Fsp3) is 0.0952. The lowest BCUT2D eigenvalue weighted by molar-refractivity contribution is -0.385. The van der Waals surface area contributed by atoms with Gasteiger partial charge in [0.2, 0.25) is 0 Å². The van der Waals surface area contributed by atoms with E-state index in [-0.39, 0.29) is 30.7 Å². The molecule has 0 atom stereocenters. The number of hydrogen-bond acceptors (Lipinski definition) is 6. The molecule has 252 valence electrons. The largest absolute Gasteiger partial charge is 0.489 e.